The van der Waals surface area contributed by atoms with Crippen molar-refractivity contribution in [3.8, 4) is 0 Å². The number of hydrogen-bond acceptors (Lipinski definition) is 2. The van der Waals surface area contributed by atoms with Gasteiger partial charge in [0, 0.05) is 11.4 Å². The van der Waals surface area contributed by atoms with Crippen LogP contribution in [0.4, 0.5) is 11.4 Å². The Labute approximate surface area is 216 Å². The zero-order chi connectivity index (χ0) is 25.3. The molecule has 178 valence electrons. The summed E-state index contributed by atoms with van der Waals surface area (Å²) in [6.45, 7) is 4.18. The Bertz CT molecular complexity index is 1920. The monoisotopic (exact) mass is 476 g/mol. The van der Waals surface area contributed by atoms with E-state index in [1.54, 1.807) is 0 Å². The average molecular weight is 477 g/mol. The van der Waals surface area contributed by atoms with E-state index in [2.05, 4.69) is 111 Å². The van der Waals surface area contributed by atoms with Crippen LogP contribution in [0.5, 0.6) is 0 Å². The predicted molar refractivity (Wildman–Crippen MR) is 158 cm³/mol. The highest BCUT2D eigenvalue weighted by Gasteiger charge is 2.41. The maximum atomic E-state index is 6.31. The Morgan fingerprint density at radius 2 is 1.16 bits per heavy atom. The Morgan fingerprint density at radius 1 is 0.622 bits per heavy atom. The SMILES string of the molecule is Cc1cc(C2(c3ccc(N)c(C)c3)C=CC=C3C=c4c(c5ccccc5c5ccccc45)=C32)ccc1N. The van der Waals surface area contributed by atoms with Gasteiger partial charge < -0.3 is 11.5 Å². The topological polar surface area (TPSA) is 52.0 Å². The molecule has 0 bridgehead atoms. The van der Waals surface area contributed by atoms with E-state index in [0.717, 1.165) is 22.5 Å². The van der Waals surface area contributed by atoms with Crippen LogP contribution in [0.25, 0.3) is 33.2 Å². The second kappa shape index (κ2) is 7.72. The number of hydrogen-bond donors (Lipinski definition) is 2. The smallest absolute Gasteiger partial charge is 0.0647 e. The summed E-state index contributed by atoms with van der Waals surface area (Å²) in [4.78, 5) is 0. The van der Waals surface area contributed by atoms with E-state index in [-0.39, 0.29) is 0 Å². The first-order chi connectivity index (χ1) is 18.0. The molecule has 5 aromatic carbocycles. The third-order valence-electron chi connectivity index (χ3n) is 8.28. The highest BCUT2D eigenvalue weighted by atomic mass is 14.6. The quantitative estimate of drug-likeness (QED) is 0.235. The van der Waals surface area contributed by atoms with Crippen molar-refractivity contribution in [1.82, 2.24) is 0 Å². The van der Waals surface area contributed by atoms with E-state index < -0.39 is 5.41 Å². The van der Waals surface area contributed by atoms with Gasteiger partial charge in [0.15, 0.2) is 0 Å². The van der Waals surface area contributed by atoms with Crippen LogP contribution >= 0.6 is 0 Å². The summed E-state index contributed by atoms with van der Waals surface area (Å²) in [7, 11) is 0. The number of rotatable bonds is 2. The fraction of sp³-hybridized carbons (Fsp3) is 0.0857. The number of aryl methyl sites for hydroxylation is 2. The van der Waals surface area contributed by atoms with Crippen LogP contribution in [0.3, 0.4) is 0 Å². The van der Waals surface area contributed by atoms with Gasteiger partial charge in [-0.15, -0.1) is 0 Å². The summed E-state index contributed by atoms with van der Waals surface area (Å²) in [5.41, 5.74) is 20.9. The third kappa shape index (κ3) is 2.93. The van der Waals surface area contributed by atoms with Crippen molar-refractivity contribution in [2.75, 3.05) is 11.5 Å². The number of nitrogens with two attached hydrogens (primary N) is 2. The summed E-state index contributed by atoms with van der Waals surface area (Å²) in [6, 6.07) is 30.6. The predicted octanol–water partition coefficient (Wildman–Crippen LogP) is 6.20. The Hall–Kier alpha value is -4.56. The first-order valence-corrected chi connectivity index (χ1v) is 12.8. The number of allylic oxidation sites excluding steroid dienone is 4. The van der Waals surface area contributed by atoms with Crippen LogP contribution in [-0.2, 0) is 5.41 Å². The molecule has 0 heterocycles. The van der Waals surface area contributed by atoms with E-state index in [1.807, 2.05) is 12.1 Å². The van der Waals surface area contributed by atoms with Gasteiger partial charge in [-0.25, -0.2) is 0 Å². The Balaban J connectivity index is 1.74. The van der Waals surface area contributed by atoms with Crippen molar-refractivity contribution in [3.05, 3.63) is 141 Å². The summed E-state index contributed by atoms with van der Waals surface area (Å²) >= 11 is 0. The van der Waals surface area contributed by atoms with Crippen molar-refractivity contribution in [2.45, 2.75) is 19.3 Å². The Morgan fingerprint density at radius 3 is 1.76 bits per heavy atom. The molecule has 0 fully saturated rings. The van der Waals surface area contributed by atoms with Gasteiger partial charge in [0.2, 0.25) is 0 Å². The molecule has 0 saturated heterocycles. The molecule has 2 heteroatoms. The normalized spacial score (nSPS) is 15.4. The second-order valence-corrected chi connectivity index (χ2v) is 10.3. The molecular weight excluding hydrogens is 448 g/mol. The molecule has 0 aromatic heterocycles. The molecule has 0 saturated carbocycles. The van der Waals surface area contributed by atoms with E-state index in [1.165, 1.54) is 54.3 Å². The van der Waals surface area contributed by atoms with Crippen LogP contribution in [0, 0.1) is 13.8 Å². The molecule has 0 amide bonds. The summed E-state index contributed by atoms with van der Waals surface area (Å²) in [5.74, 6) is 0. The molecule has 2 aliphatic carbocycles. The zero-order valence-electron chi connectivity index (χ0n) is 21.0. The van der Waals surface area contributed by atoms with Crippen LogP contribution in [0.2, 0.25) is 0 Å². The van der Waals surface area contributed by atoms with Crippen molar-refractivity contribution in [3.63, 3.8) is 0 Å². The van der Waals surface area contributed by atoms with Crippen LogP contribution < -0.4 is 21.9 Å². The van der Waals surface area contributed by atoms with Gasteiger partial charge in [0.1, 0.15) is 0 Å². The zero-order valence-corrected chi connectivity index (χ0v) is 21.0. The average Bonchev–Trinajstić information content (AvgIpc) is 3.33. The van der Waals surface area contributed by atoms with Gasteiger partial charge in [-0.05, 0) is 97.4 Å². The fourth-order valence-electron chi connectivity index (χ4n) is 6.39. The maximum Gasteiger partial charge on any atom is 0.0647 e. The molecule has 5 aromatic rings. The van der Waals surface area contributed by atoms with Gasteiger partial charge in [0.05, 0.1) is 5.41 Å². The molecule has 2 nitrogen and oxygen atoms in total. The van der Waals surface area contributed by atoms with Gasteiger partial charge in [-0.1, -0.05) is 91.0 Å². The lowest BCUT2D eigenvalue weighted by Gasteiger charge is -2.37. The third-order valence-corrected chi connectivity index (χ3v) is 8.28. The van der Waals surface area contributed by atoms with E-state index in [4.69, 9.17) is 11.5 Å². The molecule has 0 spiro atoms. The second-order valence-electron chi connectivity index (χ2n) is 10.3. The molecule has 0 aliphatic heterocycles. The summed E-state index contributed by atoms with van der Waals surface area (Å²) in [6.07, 6.45) is 9.20. The van der Waals surface area contributed by atoms with Gasteiger partial charge >= 0.3 is 0 Å². The number of benzene rings is 5. The van der Waals surface area contributed by atoms with Crippen molar-refractivity contribution in [1.29, 1.82) is 0 Å². The van der Waals surface area contributed by atoms with Crippen LogP contribution in [0.1, 0.15) is 22.3 Å². The van der Waals surface area contributed by atoms with Crippen molar-refractivity contribution < 1.29 is 0 Å². The van der Waals surface area contributed by atoms with E-state index >= 15 is 0 Å². The van der Waals surface area contributed by atoms with Crippen molar-refractivity contribution >= 4 is 44.6 Å². The minimum absolute atomic E-state index is 0.492. The van der Waals surface area contributed by atoms with Crippen molar-refractivity contribution in [2.24, 2.45) is 0 Å². The highest BCUT2D eigenvalue weighted by molar-refractivity contribution is 6.12. The van der Waals surface area contributed by atoms with Crippen LogP contribution in [-0.4, -0.2) is 0 Å². The minimum atomic E-state index is -0.492. The lowest BCUT2D eigenvalue weighted by atomic mass is 9.64. The molecular formula is C35H28N2. The molecule has 7 rings (SSSR count). The molecule has 37 heavy (non-hydrogen) atoms. The van der Waals surface area contributed by atoms with Gasteiger partial charge in [-0.3, -0.25) is 0 Å². The summed E-state index contributed by atoms with van der Waals surface area (Å²) in [5, 5.41) is 7.75. The van der Waals surface area contributed by atoms with Gasteiger partial charge in [-0.2, -0.15) is 0 Å². The largest absolute Gasteiger partial charge is 0.399 e. The molecule has 0 unspecified atom stereocenters. The lowest BCUT2D eigenvalue weighted by Crippen LogP contribution is -2.36. The van der Waals surface area contributed by atoms with Crippen LogP contribution in [0.15, 0.2) is 109 Å². The molecule has 4 N–H and O–H groups in total. The molecule has 0 radical (unpaired) electrons. The first-order valence-electron chi connectivity index (χ1n) is 12.8. The molecule has 2 aliphatic rings. The molecule has 0 atom stereocenters. The number of anilines is 2. The number of nitrogen functional groups attached to an aromatic ring is 2. The van der Waals surface area contributed by atoms with Gasteiger partial charge in [0.25, 0.3) is 0 Å². The standard InChI is InChI=1S/C35H28N2/c1-21-18-24(13-15-31(21)36)35(25-14-16-32(37)22(2)19-25)17-7-8-23-20-30-28-11-4-3-9-26(28)27-10-5-6-12-29(27)33(30)34(23)35/h3-20H,36-37H2,1-2H3. The summed E-state index contributed by atoms with van der Waals surface area (Å²) < 4.78 is 0. The highest BCUT2D eigenvalue weighted by Crippen LogP contribution is 2.49. The van der Waals surface area contributed by atoms with E-state index in [0.29, 0.717) is 0 Å². The minimum Gasteiger partial charge on any atom is -0.399 e. The Kier molecular flexibility index (Phi) is 4.53. The van der Waals surface area contributed by atoms with E-state index in [9.17, 15) is 0 Å². The number of fused-ring (bicyclic) bond motifs is 7. The lowest BCUT2D eigenvalue weighted by molar-refractivity contribution is 0.829. The fourth-order valence-corrected chi connectivity index (χ4v) is 6.39. The first kappa shape index (κ1) is 21.7. The maximum absolute atomic E-state index is 6.31.